The number of aromatic nitrogens is 4. The van der Waals surface area contributed by atoms with Gasteiger partial charge in [0.15, 0.2) is 5.82 Å². The highest BCUT2D eigenvalue weighted by Gasteiger charge is 2.29. The van der Waals surface area contributed by atoms with Crippen LogP contribution in [0.2, 0.25) is 0 Å². The second-order valence-electron chi connectivity index (χ2n) is 12.1. The lowest BCUT2D eigenvalue weighted by molar-refractivity contribution is -0.0108. The smallest absolute Gasteiger partial charge is 0.439 e. The van der Waals surface area contributed by atoms with Crippen LogP contribution in [0, 0.1) is 6.92 Å². The SMILES string of the molecule is CCCc1nc(C)n(-c2ccc(OC3CCC(C)(O)CC3)cc2)c(=O)c1Cc1ccc(-c2ccccc2-c2noc(=O)[nH]2)cc1. The van der Waals surface area contributed by atoms with Crippen LogP contribution < -0.4 is 16.1 Å². The minimum absolute atomic E-state index is 0.0708. The number of aromatic amines is 1. The molecule has 6 rings (SSSR count). The first kappa shape index (κ1) is 30.3. The third-order valence-electron chi connectivity index (χ3n) is 8.59. The lowest BCUT2D eigenvalue weighted by Crippen LogP contribution is -2.34. The van der Waals surface area contributed by atoms with Crippen LogP contribution in [0.15, 0.2) is 86.9 Å². The molecule has 0 atom stereocenters. The maximum atomic E-state index is 14.1. The molecular formula is C36H38N4O5. The second kappa shape index (κ2) is 12.7. The molecule has 2 heterocycles. The maximum absolute atomic E-state index is 14.1. The number of aliphatic hydroxyl groups is 1. The Morgan fingerprint density at radius 3 is 2.33 bits per heavy atom. The molecular weight excluding hydrogens is 568 g/mol. The summed E-state index contributed by atoms with van der Waals surface area (Å²) in [5, 5.41) is 14.1. The molecule has 5 aromatic rings. The molecule has 1 aliphatic rings. The number of ether oxygens (including phenoxy) is 1. The molecule has 2 aromatic heterocycles. The van der Waals surface area contributed by atoms with Gasteiger partial charge < -0.3 is 9.84 Å². The van der Waals surface area contributed by atoms with E-state index in [-0.39, 0.29) is 11.7 Å². The Balaban J connectivity index is 1.26. The Bertz CT molecular complexity index is 1890. The lowest BCUT2D eigenvalue weighted by Gasteiger charge is -2.33. The Kier molecular flexibility index (Phi) is 8.54. The molecule has 2 N–H and O–H groups in total. The minimum Gasteiger partial charge on any atom is -0.490 e. The number of H-pyrrole nitrogens is 1. The van der Waals surface area contributed by atoms with Gasteiger partial charge in [0.25, 0.3) is 5.56 Å². The van der Waals surface area contributed by atoms with E-state index in [9.17, 15) is 14.7 Å². The zero-order valence-corrected chi connectivity index (χ0v) is 25.9. The average Bonchev–Trinajstić information content (AvgIpc) is 3.47. The summed E-state index contributed by atoms with van der Waals surface area (Å²) < 4.78 is 12.6. The monoisotopic (exact) mass is 606 g/mol. The maximum Gasteiger partial charge on any atom is 0.439 e. The molecule has 9 nitrogen and oxygen atoms in total. The van der Waals surface area contributed by atoms with Crippen molar-refractivity contribution in [3.05, 3.63) is 116 Å². The topological polar surface area (TPSA) is 123 Å². The van der Waals surface area contributed by atoms with E-state index >= 15 is 0 Å². The fourth-order valence-electron chi connectivity index (χ4n) is 6.13. The van der Waals surface area contributed by atoms with E-state index in [2.05, 4.69) is 17.1 Å². The van der Waals surface area contributed by atoms with E-state index in [1.807, 2.05) is 86.6 Å². The number of hydrogen-bond acceptors (Lipinski definition) is 7. The second-order valence-corrected chi connectivity index (χ2v) is 12.1. The predicted octanol–water partition coefficient (Wildman–Crippen LogP) is 6.17. The summed E-state index contributed by atoms with van der Waals surface area (Å²) in [6.07, 6.45) is 5.21. The zero-order chi connectivity index (χ0) is 31.6. The van der Waals surface area contributed by atoms with Crippen molar-refractivity contribution in [1.82, 2.24) is 19.7 Å². The molecule has 1 aliphatic carbocycles. The number of benzene rings is 3. The molecule has 0 unspecified atom stereocenters. The summed E-state index contributed by atoms with van der Waals surface area (Å²) in [7, 11) is 0. The summed E-state index contributed by atoms with van der Waals surface area (Å²) in [6, 6.07) is 23.3. The molecule has 0 spiro atoms. The fraction of sp³-hybridized carbons (Fsp3) is 0.333. The van der Waals surface area contributed by atoms with Crippen molar-refractivity contribution in [3.63, 3.8) is 0 Å². The fourth-order valence-corrected chi connectivity index (χ4v) is 6.13. The van der Waals surface area contributed by atoms with Crippen LogP contribution in [-0.4, -0.2) is 36.5 Å². The molecule has 232 valence electrons. The van der Waals surface area contributed by atoms with Gasteiger partial charge in [-0.2, -0.15) is 0 Å². The largest absolute Gasteiger partial charge is 0.490 e. The highest BCUT2D eigenvalue weighted by atomic mass is 16.5. The van der Waals surface area contributed by atoms with Crippen molar-refractivity contribution in [2.45, 2.75) is 77.4 Å². The van der Waals surface area contributed by atoms with Gasteiger partial charge in [-0.25, -0.2) is 9.78 Å². The number of rotatable bonds is 9. The van der Waals surface area contributed by atoms with E-state index in [1.54, 1.807) is 4.57 Å². The molecule has 0 saturated heterocycles. The summed E-state index contributed by atoms with van der Waals surface area (Å²) in [4.78, 5) is 33.1. The van der Waals surface area contributed by atoms with Crippen LogP contribution >= 0.6 is 0 Å². The summed E-state index contributed by atoms with van der Waals surface area (Å²) in [5.74, 6) is 1.17. The molecule has 1 fully saturated rings. The van der Waals surface area contributed by atoms with Gasteiger partial charge in [-0.3, -0.25) is 18.9 Å². The highest BCUT2D eigenvalue weighted by molar-refractivity contribution is 5.80. The van der Waals surface area contributed by atoms with Crippen LogP contribution in [0.3, 0.4) is 0 Å². The third-order valence-corrected chi connectivity index (χ3v) is 8.59. The van der Waals surface area contributed by atoms with Gasteiger partial charge >= 0.3 is 5.76 Å². The quantitative estimate of drug-likeness (QED) is 0.206. The number of nitrogens with zero attached hydrogens (tertiary/aromatic N) is 3. The lowest BCUT2D eigenvalue weighted by atomic mass is 9.85. The zero-order valence-electron chi connectivity index (χ0n) is 25.9. The van der Waals surface area contributed by atoms with Gasteiger partial charge in [0.2, 0.25) is 0 Å². The molecule has 0 amide bonds. The molecule has 0 bridgehead atoms. The van der Waals surface area contributed by atoms with Gasteiger partial charge in [0.1, 0.15) is 11.6 Å². The van der Waals surface area contributed by atoms with Crippen molar-refractivity contribution < 1.29 is 14.4 Å². The summed E-state index contributed by atoms with van der Waals surface area (Å²) >= 11 is 0. The molecule has 0 aliphatic heterocycles. The predicted molar refractivity (Wildman–Crippen MR) is 173 cm³/mol. The van der Waals surface area contributed by atoms with Gasteiger partial charge in [-0.1, -0.05) is 67.0 Å². The third kappa shape index (κ3) is 6.68. The molecule has 45 heavy (non-hydrogen) atoms. The van der Waals surface area contributed by atoms with E-state index in [1.165, 1.54) is 0 Å². The van der Waals surface area contributed by atoms with Crippen molar-refractivity contribution in [1.29, 1.82) is 0 Å². The van der Waals surface area contributed by atoms with E-state index in [0.717, 1.165) is 71.5 Å². The first-order valence-electron chi connectivity index (χ1n) is 15.6. The van der Waals surface area contributed by atoms with Crippen LogP contribution in [0.25, 0.3) is 28.2 Å². The Labute approximate surface area is 261 Å². The number of hydrogen-bond donors (Lipinski definition) is 2. The van der Waals surface area contributed by atoms with E-state index in [4.69, 9.17) is 14.2 Å². The molecule has 1 saturated carbocycles. The Morgan fingerprint density at radius 2 is 1.69 bits per heavy atom. The van der Waals surface area contributed by atoms with Gasteiger partial charge in [0, 0.05) is 17.5 Å². The van der Waals surface area contributed by atoms with Crippen molar-refractivity contribution in [2.24, 2.45) is 0 Å². The Hall–Kier alpha value is -4.76. The Morgan fingerprint density at radius 1 is 1.00 bits per heavy atom. The van der Waals surface area contributed by atoms with Gasteiger partial charge in [0.05, 0.1) is 23.1 Å². The molecule has 3 aromatic carbocycles. The average molecular weight is 607 g/mol. The van der Waals surface area contributed by atoms with Gasteiger partial charge in [-0.15, -0.1) is 0 Å². The first-order valence-corrected chi connectivity index (χ1v) is 15.6. The van der Waals surface area contributed by atoms with Crippen molar-refractivity contribution >= 4 is 0 Å². The van der Waals surface area contributed by atoms with Crippen molar-refractivity contribution in [2.75, 3.05) is 0 Å². The van der Waals surface area contributed by atoms with E-state index in [0.29, 0.717) is 30.1 Å². The molecule has 0 radical (unpaired) electrons. The van der Waals surface area contributed by atoms with Crippen LogP contribution in [0.1, 0.15) is 68.6 Å². The van der Waals surface area contributed by atoms with Gasteiger partial charge in [-0.05, 0) is 86.9 Å². The number of nitrogens with one attached hydrogen (secondary N) is 1. The number of aryl methyl sites for hydroxylation is 2. The first-order chi connectivity index (χ1) is 21.7. The van der Waals surface area contributed by atoms with Crippen LogP contribution in [0.5, 0.6) is 5.75 Å². The normalized spacial score (nSPS) is 18.2. The van der Waals surface area contributed by atoms with Crippen molar-refractivity contribution in [3.8, 4) is 34.0 Å². The summed E-state index contributed by atoms with van der Waals surface area (Å²) in [5.41, 5.74) is 5.19. The van der Waals surface area contributed by atoms with Crippen LogP contribution in [-0.2, 0) is 12.8 Å². The molecule has 9 heteroatoms. The summed E-state index contributed by atoms with van der Waals surface area (Å²) in [6.45, 7) is 5.84. The van der Waals surface area contributed by atoms with E-state index < -0.39 is 11.4 Å². The van der Waals surface area contributed by atoms with Crippen LogP contribution in [0.4, 0.5) is 0 Å². The minimum atomic E-state index is -0.606. The highest BCUT2D eigenvalue weighted by Crippen LogP contribution is 2.32. The standard InChI is InChI=1S/C36H38N4O5/c1-4-7-32-31(22-24-10-12-25(13-11-24)29-8-5-6-9-30(29)33-38-35(42)45-39-33)34(41)40(23(2)37-32)26-14-16-27(17-15-26)44-28-18-20-36(3,43)21-19-28/h5-6,8-17,28,43H,4,7,18-22H2,1-3H3,(H,38,39,42).